The predicted octanol–water partition coefficient (Wildman–Crippen LogP) is 1.59. The first-order valence-corrected chi connectivity index (χ1v) is 4.18. The normalized spacial score (nSPS) is 35.5. The zero-order valence-electron chi connectivity index (χ0n) is 7.06. The van der Waals surface area contributed by atoms with Crippen LogP contribution in [0, 0.1) is 33.3 Å². The molecule has 3 unspecified atom stereocenters. The molecule has 0 aromatic rings. The van der Waals surface area contributed by atoms with Crippen molar-refractivity contribution in [1.29, 1.82) is 5.26 Å². The second kappa shape index (κ2) is 3.53. The Morgan fingerprint density at radius 2 is 2.25 bits per heavy atom. The van der Waals surface area contributed by atoms with Crippen LogP contribution in [-0.2, 0) is 0 Å². The number of nitrogens with zero attached hydrogens (tertiary/aromatic N) is 2. The minimum absolute atomic E-state index is 0.117. The van der Waals surface area contributed by atoms with Gasteiger partial charge in [0.1, 0.15) is 0 Å². The van der Waals surface area contributed by atoms with Gasteiger partial charge in [-0.3, -0.25) is 10.1 Å². The quantitative estimate of drug-likeness (QED) is 0.441. The summed E-state index contributed by atoms with van der Waals surface area (Å²) in [5.41, 5.74) is 0. The first-order valence-electron chi connectivity index (χ1n) is 4.18. The van der Waals surface area contributed by atoms with E-state index in [1.807, 2.05) is 6.92 Å². The Morgan fingerprint density at radius 1 is 1.58 bits per heavy atom. The van der Waals surface area contributed by atoms with Gasteiger partial charge in [-0.05, 0) is 12.3 Å². The van der Waals surface area contributed by atoms with Gasteiger partial charge in [-0.1, -0.05) is 6.92 Å². The molecular formula is C8H12N2O2. The average Bonchev–Trinajstić information content (AvgIpc) is 2.05. The Hall–Kier alpha value is -1.11. The van der Waals surface area contributed by atoms with Crippen LogP contribution < -0.4 is 0 Å². The Bertz CT molecular complexity index is 222. The molecule has 1 rings (SSSR count). The highest BCUT2D eigenvalue weighted by Crippen LogP contribution is 2.30. The molecule has 1 fully saturated rings. The summed E-state index contributed by atoms with van der Waals surface area (Å²) in [5.74, 6) is 0.209. The lowest BCUT2D eigenvalue weighted by atomic mass is 9.79. The summed E-state index contributed by atoms with van der Waals surface area (Å²) in [6.45, 7) is 1.99. The lowest BCUT2D eigenvalue weighted by Gasteiger charge is -2.25. The van der Waals surface area contributed by atoms with Crippen LogP contribution in [0.5, 0.6) is 0 Å². The van der Waals surface area contributed by atoms with Crippen LogP contribution in [0.3, 0.4) is 0 Å². The molecule has 0 aromatic heterocycles. The third kappa shape index (κ3) is 1.73. The van der Waals surface area contributed by atoms with Crippen molar-refractivity contribution < 1.29 is 4.92 Å². The minimum Gasteiger partial charge on any atom is -0.264 e. The molecule has 66 valence electrons. The number of nitro groups is 1. The van der Waals surface area contributed by atoms with Gasteiger partial charge in [-0.2, -0.15) is 5.26 Å². The van der Waals surface area contributed by atoms with Gasteiger partial charge in [0, 0.05) is 17.8 Å². The molecule has 0 N–H and O–H groups in total. The van der Waals surface area contributed by atoms with Crippen LogP contribution in [-0.4, -0.2) is 11.0 Å². The maximum atomic E-state index is 10.4. The Balaban J connectivity index is 2.57. The molecule has 4 nitrogen and oxygen atoms in total. The van der Waals surface area contributed by atoms with Crippen molar-refractivity contribution >= 4 is 0 Å². The van der Waals surface area contributed by atoms with Gasteiger partial charge >= 0.3 is 0 Å². The second-order valence-corrected chi connectivity index (χ2v) is 3.47. The molecule has 0 bridgehead atoms. The van der Waals surface area contributed by atoms with Gasteiger partial charge in [0.25, 0.3) is 0 Å². The monoisotopic (exact) mass is 168 g/mol. The fourth-order valence-electron chi connectivity index (χ4n) is 1.67. The Labute approximate surface area is 71.3 Å². The van der Waals surface area contributed by atoms with Crippen molar-refractivity contribution in [2.45, 2.75) is 32.2 Å². The van der Waals surface area contributed by atoms with Crippen LogP contribution in [0.15, 0.2) is 0 Å². The van der Waals surface area contributed by atoms with Gasteiger partial charge in [0.05, 0.1) is 12.0 Å². The van der Waals surface area contributed by atoms with Crippen molar-refractivity contribution in [2.75, 3.05) is 0 Å². The van der Waals surface area contributed by atoms with Gasteiger partial charge in [-0.15, -0.1) is 0 Å². The van der Waals surface area contributed by atoms with Crippen LogP contribution in [0.2, 0.25) is 0 Å². The van der Waals surface area contributed by atoms with Crippen LogP contribution in [0.4, 0.5) is 0 Å². The van der Waals surface area contributed by atoms with E-state index in [-0.39, 0.29) is 10.8 Å². The molecule has 0 saturated heterocycles. The van der Waals surface area contributed by atoms with Crippen LogP contribution in [0.25, 0.3) is 0 Å². The third-order valence-corrected chi connectivity index (χ3v) is 2.63. The zero-order chi connectivity index (χ0) is 9.14. The van der Waals surface area contributed by atoms with E-state index >= 15 is 0 Å². The molecule has 0 aliphatic heterocycles. The van der Waals surface area contributed by atoms with Gasteiger partial charge in [0.15, 0.2) is 0 Å². The van der Waals surface area contributed by atoms with E-state index in [0.29, 0.717) is 18.8 Å². The van der Waals surface area contributed by atoms with E-state index in [9.17, 15) is 10.1 Å². The SMILES string of the molecule is CC1CCC([N+](=O)[O-])CC1C#N. The highest BCUT2D eigenvalue weighted by molar-refractivity contribution is 4.91. The topological polar surface area (TPSA) is 66.9 Å². The maximum absolute atomic E-state index is 10.4. The van der Waals surface area contributed by atoms with E-state index in [0.717, 1.165) is 6.42 Å². The summed E-state index contributed by atoms with van der Waals surface area (Å²) in [6, 6.07) is 1.65. The molecule has 0 heterocycles. The molecule has 4 heteroatoms. The summed E-state index contributed by atoms with van der Waals surface area (Å²) in [6.07, 6.45) is 1.88. The minimum atomic E-state index is -0.481. The molecule has 3 atom stereocenters. The van der Waals surface area contributed by atoms with E-state index in [1.54, 1.807) is 0 Å². The lowest BCUT2D eigenvalue weighted by molar-refractivity contribution is -0.528. The molecular weight excluding hydrogens is 156 g/mol. The number of hydrogen-bond acceptors (Lipinski definition) is 3. The Kier molecular flexibility index (Phi) is 2.64. The van der Waals surface area contributed by atoms with E-state index in [4.69, 9.17) is 5.26 Å². The molecule has 1 aliphatic carbocycles. The summed E-state index contributed by atoms with van der Waals surface area (Å²) in [7, 11) is 0. The highest BCUT2D eigenvalue weighted by Gasteiger charge is 2.33. The van der Waals surface area contributed by atoms with E-state index in [1.165, 1.54) is 0 Å². The standard InChI is InChI=1S/C8H12N2O2/c1-6-2-3-8(10(11)12)4-7(6)5-9/h6-8H,2-4H2,1H3. The summed E-state index contributed by atoms with van der Waals surface area (Å²) < 4.78 is 0. The molecule has 1 saturated carbocycles. The smallest absolute Gasteiger partial charge is 0.214 e. The number of rotatable bonds is 1. The summed E-state index contributed by atoms with van der Waals surface area (Å²) in [4.78, 5) is 10.2. The highest BCUT2D eigenvalue weighted by atomic mass is 16.6. The zero-order valence-corrected chi connectivity index (χ0v) is 7.06. The van der Waals surface area contributed by atoms with Gasteiger partial charge in [-0.25, -0.2) is 0 Å². The first kappa shape index (κ1) is 8.98. The maximum Gasteiger partial charge on any atom is 0.214 e. The van der Waals surface area contributed by atoms with Crippen molar-refractivity contribution in [3.63, 3.8) is 0 Å². The van der Waals surface area contributed by atoms with Gasteiger partial charge in [0.2, 0.25) is 6.04 Å². The molecule has 0 spiro atoms. The number of hydrogen-bond donors (Lipinski definition) is 0. The molecule has 12 heavy (non-hydrogen) atoms. The van der Waals surface area contributed by atoms with E-state index in [2.05, 4.69) is 6.07 Å². The fraction of sp³-hybridized carbons (Fsp3) is 0.875. The molecule has 0 amide bonds. The van der Waals surface area contributed by atoms with Crippen molar-refractivity contribution in [2.24, 2.45) is 11.8 Å². The average molecular weight is 168 g/mol. The van der Waals surface area contributed by atoms with Gasteiger partial charge < -0.3 is 0 Å². The fourth-order valence-corrected chi connectivity index (χ4v) is 1.67. The Morgan fingerprint density at radius 3 is 2.75 bits per heavy atom. The summed E-state index contributed by atoms with van der Waals surface area (Å²) >= 11 is 0. The molecule has 0 aromatic carbocycles. The summed E-state index contributed by atoms with van der Waals surface area (Å²) in [5, 5.41) is 19.1. The lowest BCUT2D eigenvalue weighted by Crippen LogP contribution is -2.30. The van der Waals surface area contributed by atoms with Crippen molar-refractivity contribution in [3.05, 3.63) is 10.1 Å². The number of nitriles is 1. The van der Waals surface area contributed by atoms with Crippen LogP contribution >= 0.6 is 0 Å². The second-order valence-electron chi connectivity index (χ2n) is 3.47. The van der Waals surface area contributed by atoms with Crippen molar-refractivity contribution in [3.8, 4) is 6.07 Å². The third-order valence-electron chi connectivity index (χ3n) is 2.63. The van der Waals surface area contributed by atoms with Crippen molar-refractivity contribution in [1.82, 2.24) is 0 Å². The van der Waals surface area contributed by atoms with Crippen LogP contribution in [0.1, 0.15) is 26.2 Å². The predicted molar refractivity (Wildman–Crippen MR) is 42.9 cm³/mol. The van der Waals surface area contributed by atoms with E-state index < -0.39 is 6.04 Å². The first-order chi connectivity index (χ1) is 5.65. The molecule has 1 aliphatic rings. The molecule has 0 radical (unpaired) electrons. The largest absolute Gasteiger partial charge is 0.264 e.